The van der Waals surface area contributed by atoms with Crippen LogP contribution in [-0.2, 0) is 57.0 Å². The van der Waals surface area contributed by atoms with E-state index in [4.69, 9.17) is 42.6 Å². The van der Waals surface area contributed by atoms with E-state index in [0.29, 0.717) is 18.6 Å². The zero-order valence-corrected chi connectivity index (χ0v) is 30.1. The standard InChI is InChI=1S/C36H50O15/c1-8-16(3)28(40)48-21-11-20(47-17(4)38)33-14-45-18(13-37)25(33)31(5,27(39)24-26(33)34(21,15-46-24)29(41)43-7)36-22-10-19(32(36,6)51-36)35(42)12-23(44-9-2)50-30(35)49-22/h8,18-27,30,37,39,42H,9-15H2,1-7H3/b16-8+/t18-,19-,20+,21-,22+,23+,24-,25+,26-,27-,30-,31+,32+,33-,34+,35+,36+/m1/s1. The first-order valence-corrected chi connectivity index (χ1v) is 18.1. The van der Waals surface area contributed by atoms with Crippen LogP contribution in [0.3, 0.4) is 0 Å². The van der Waals surface area contributed by atoms with Gasteiger partial charge < -0.3 is 58.0 Å². The summed E-state index contributed by atoms with van der Waals surface area (Å²) in [4.78, 5) is 40.5. The summed E-state index contributed by atoms with van der Waals surface area (Å²) in [5.74, 6) is -4.22. The normalized spacial score (nSPS) is 54.5. The molecule has 5 saturated heterocycles. The van der Waals surface area contributed by atoms with E-state index in [1.165, 1.54) is 14.0 Å². The number of fused-ring (bicyclic) bond motifs is 7. The van der Waals surface area contributed by atoms with E-state index in [2.05, 4.69) is 0 Å². The van der Waals surface area contributed by atoms with E-state index in [0.717, 1.165) is 0 Å². The van der Waals surface area contributed by atoms with Crippen LogP contribution in [-0.4, -0.2) is 133 Å². The van der Waals surface area contributed by atoms with Crippen molar-refractivity contribution in [1.82, 2.24) is 0 Å². The summed E-state index contributed by atoms with van der Waals surface area (Å²) >= 11 is 0. The van der Waals surface area contributed by atoms with Gasteiger partial charge in [-0.25, -0.2) is 4.79 Å². The van der Waals surface area contributed by atoms with Gasteiger partial charge in [0.2, 0.25) is 0 Å². The van der Waals surface area contributed by atoms with E-state index < -0.39 is 125 Å². The van der Waals surface area contributed by atoms with Crippen molar-refractivity contribution in [2.75, 3.05) is 33.5 Å². The minimum absolute atomic E-state index is 0.0750. The predicted molar refractivity (Wildman–Crippen MR) is 169 cm³/mol. The van der Waals surface area contributed by atoms with Crippen molar-refractivity contribution >= 4 is 17.9 Å². The number of carbonyl (C=O) groups is 3. The molecule has 3 N–H and O–H groups in total. The van der Waals surface area contributed by atoms with Gasteiger partial charge >= 0.3 is 17.9 Å². The lowest BCUT2D eigenvalue weighted by atomic mass is 9.38. The Balaban J connectivity index is 1.29. The van der Waals surface area contributed by atoms with Crippen LogP contribution in [0.4, 0.5) is 0 Å². The molecule has 17 atom stereocenters. The molecule has 15 heteroatoms. The molecule has 15 nitrogen and oxygen atoms in total. The van der Waals surface area contributed by atoms with E-state index in [1.807, 2.05) is 20.8 Å². The van der Waals surface area contributed by atoms with Gasteiger partial charge in [-0.3, -0.25) is 9.59 Å². The lowest BCUT2D eigenvalue weighted by molar-refractivity contribution is -0.309. The topological polar surface area (TPSA) is 198 Å². The predicted octanol–water partition coefficient (Wildman–Crippen LogP) is 0.535. The molecule has 5 aliphatic heterocycles. The largest absolute Gasteiger partial charge is 0.468 e. The van der Waals surface area contributed by atoms with Crippen LogP contribution in [0.25, 0.3) is 0 Å². The number of allylic oxidation sites excluding steroid dienone is 1. The monoisotopic (exact) mass is 722 g/mol. The average Bonchev–Trinajstić information content (AvgIpc) is 3.48. The van der Waals surface area contributed by atoms with Crippen LogP contribution in [0.15, 0.2) is 11.6 Å². The van der Waals surface area contributed by atoms with Crippen LogP contribution in [0.5, 0.6) is 0 Å². The Bertz CT molecular complexity index is 1530. The number of rotatable bonds is 8. The van der Waals surface area contributed by atoms with E-state index in [9.17, 15) is 29.7 Å². The summed E-state index contributed by atoms with van der Waals surface area (Å²) in [6.07, 6.45) is -5.82. The zero-order chi connectivity index (χ0) is 36.7. The molecule has 8 aliphatic rings. The molecule has 284 valence electrons. The van der Waals surface area contributed by atoms with Crippen molar-refractivity contribution in [3.05, 3.63) is 11.6 Å². The molecule has 8 fully saturated rings. The van der Waals surface area contributed by atoms with Gasteiger partial charge in [0.25, 0.3) is 0 Å². The van der Waals surface area contributed by atoms with Gasteiger partial charge in [0.1, 0.15) is 34.4 Å². The quantitative estimate of drug-likeness (QED) is 0.136. The van der Waals surface area contributed by atoms with Crippen molar-refractivity contribution in [2.24, 2.45) is 34.0 Å². The summed E-state index contributed by atoms with van der Waals surface area (Å²) in [6.45, 7) is 9.78. The number of aliphatic hydroxyl groups excluding tert-OH is 2. The zero-order valence-electron chi connectivity index (χ0n) is 30.1. The molecule has 0 aromatic heterocycles. The van der Waals surface area contributed by atoms with Crippen molar-refractivity contribution in [3.63, 3.8) is 0 Å². The highest BCUT2D eigenvalue weighted by molar-refractivity contribution is 5.88. The number of esters is 3. The Hall–Kier alpha value is -2.21. The van der Waals surface area contributed by atoms with Gasteiger partial charge in [0.15, 0.2) is 12.6 Å². The van der Waals surface area contributed by atoms with Crippen LogP contribution >= 0.6 is 0 Å². The highest BCUT2D eigenvalue weighted by Crippen LogP contribution is 2.82. The maximum Gasteiger partial charge on any atom is 0.333 e. The summed E-state index contributed by atoms with van der Waals surface area (Å²) in [7, 11) is 1.24. The number of carbonyl (C=O) groups excluding carboxylic acids is 3. The summed E-state index contributed by atoms with van der Waals surface area (Å²) in [5, 5.41) is 36.1. The Morgan fingerprint density at radius 1 is 1.00 bits per heavy atom. The van der Waals surface area contributed by atoms with Gasteiger partial charge in [0.05, 0.1) is 51.3 Å². The molecular weight excluding hydrogens is 672 g/mol. The third-order valence-electron chi connectivity index (χ3n) is 14.6. The molecule has 0 amide bonds. The van der Waals surface area contributed by atoms with Crippen molar-refractivity contribution in [3.8, 4) is 0 Å². The minimum atomic E-state index is -1.63. The van der Waals surface area contributed by atoms with Crippen LogP contribution < -0.4 is 0 Å². The minimum Gasteiger partial charge on any atom is -0.468 e. The van der Waals surface area contributed by atoms with Crippen LogP contribution in [0.1, 0.15) is 60.8 Å². The molecule has 0 aromatic rings. The second kappa shape index (κ2) is 11.4. The fourth-order valence-electron chi connectivity index (χ4n) is 12.7. The summed E-state index contributed by atoms with van der Waals surface area (Å²) in [6, 6.07) is 0. The molecule has 3 saturated carbocycles. The molecule has 51 heavy (non-hydrogen) atoms. The Morgan fingerprint density at radius 3 is 2.39 bits per heavy atom. The highest BCUT2D eigenvalue weighted by atomic mass is 16.8. The second-order valence-corrected chi connectivity index (χ2v) is 16.2. The molecule has 8 rings (SSSR count). The first-order chi connectivity index (χ1) is 24.1. The molecular formula is C36H50O15. The maximum absolute atomic E-state index is 14.2. The fourth-order valence-corrected chi connectivity index (χ4v) is 12.7. The molecule has 0 radical (unpaired) electrons. The Morgan fingerprint density at radius 2 is 1.75 bits per heavy atom. The molecule has 1 spiro atoms. The lowest BCUT2D eigenvalue weighted by Gasteiger charge is -2.65. The molecule has 3 aliphatic carbocycles. The smallest absolute Gasteiger partial charge is 0.333 e. The van der Waals surface area contributed by atoms with Gasteiger partial charge in [0, 0.05) is 60.5 Å². The van der Waals surface area contributed by atoms with Gasteiger partial charge in [-0.05, 0) is 34.1 Å². The van der Waals surface area contributed by atoms with Crippen molar-refractivity contribution < 1.29 is 72.3 Å². The number of hydrogen-bond donors (Lipinski definition) is 3. The average molecular weight is 723 g/mol. The SMILES string of the molecule is C/C=C(\C)C(=O)O[C@@H]1C[C@H](OC(C)=O)[C@]23CO[C@H](CO)[C@H]2[C@](C)([C@]24O[C@@]2(C)[C@H]2C[C@@H]4O[C@@H]4O[C@H](OCC)C[C@@]42O)[C@H](O)[C@@H]2OC[C@@]1(C(=O)OC)[C@H]23. The number of hydrogen-bond acceptors (Lipinski definition) is 15. The lowest BCUT2D eigenvalue weighted by Crippen LogP contribution is -2.77. The van der Waals surface area contributed by atoms with Crippen LogP contribution in [0.2, 0.25) is 0 Å². The highest BCUT2D eigenvalue weighted by Gasteiger charge is 2.95. The third kappa shape index (κ3) is 4.02. The number of aliphatic hydroxyl groups is 3. The molecule has 0 aromatic carbocycles. The summed E-state index contributed by atoms with van der Waals surface area (Å²) < 4.78 is 55.9. The summed E-state index contributed by atoms with van der Waals surface area (Å²) in [5.41, 5.74) is -7.68. The Kier molecular flexibility index (Phi) is 8.00. The van der Waals surface area contributed by atoms with Gasteiger partial charge in [-0.15, -0.1) is 0 Å². The third-order valence-corrected chi connectivity index (χ3v) is 14.6. The van der Waals surface area contributed by atoms with Gasteiger partial charge in [-0.2, -0.15) is 0 Å². The second-order valence-electron chi connectivity index (χ2n) is 16.2. The Labute approximate surface area is 296 Å². The van der Waals surface area contributed by atoms with E-state index >= 15 is 0 Å². The molecule has 0 unspecified atom stereocenters. The number of ether oxygens (including phenoxy) is 9. The molecule has 2 bridgehead atoms. The van der Waals surface area contributed by atoms with Crippen molar-refractivity contribution in [1.29, 1.82) is 0 Å². The maximum atomic E-state index is 14.2. The van der Waals surface area contributed by atoms with Crippen molar-refractivity contribution in [2.45, 2.75) is 127 Å². The van der Waals surface area contributed by atoms with E-state index in [1.54, 1.807) is 19.9 Å². The molecule has 5 heterocycles. The number of epoxide rings is 1. The first-order valence-electron chi connectivity index (χ1n) is 18.1. The van der Waals surface area contributed by atoms with Crippen LogP contribution in [0, 0.1) is 34.0 Å². The number of methoxy groups -OCH3 is 1. The fraction of sp³-hybridized carbons (Fsp3) is 0.861. The first kappa shape index (κ1) is 35.8. The van der Waals surface area contributed by atoms with E-state index in [-0.39, 0.29) is 26.1 Å². The van der Waals surface area contributed by atoms with Gasteiger partial charge in [-0.1, -0.05) is 13.0 Å².